The van der Waals surface area contributed by atoms with Gasteiger partial charge < -0.3 is 10.2 Å². The van der Waals surface area contributed by atoms with E-state index in [1.165, 1.54) is 6.42 Å². The molecule has 1 aliphatic carbocycles. The summed E-state index contributed by atoms with van der Waals surface area (Å²) in [4.78, 5) is 22.6. The van der Waals surface area contributed by atoms with Gasteiger partial charge in [0.05, 0.1) is 0 Å². The lowest BCUT2D eigenvalue weighted by atomic mass is 9.84. The fraction of sp³-hybridized carbons (Fsp3) is 0.667. The molecule has 0 aromatic carbocycles. The molecule has 108 valence electrons. The molecule has 5 heteroatoms. The molecule has 2 fully saturated rings. The number of nitrogens with one attached hydrogen (secondary N) is 1. The van der Waals surface area contributed by atoms with Gasteiger partial charge in [-0.15, -0.1) is 0 Å². The van der Waals surface area contributed by atoms with E-state index in [1.54, 1.807) is 6.33 Å². The number of rotatable bonds is 3. The van der Waals surface area contributed by atoms with Gasteiger partial charge in [-0.1, -0.05) is 6.42 Å². The number of hydrogen-bond donors (Lipinski definition) is 1. The van der Waals surface area contributed by atoms with Gasteiger partial charge in [-0.05, 0) is 32.6 Å². The Bertz CT molecular complexity index is 479. The lowest BCUT2D eigenvalue weighted by Crippen LogP contribution is -2.46. The largest absolute Gasteiger partial charge is 0.367 e. The van der Waals surface area contributed by atoms with Crippen LogP contribution in [0.2, 0.25) is 0 Å². The molecule has 0 atom stereocenters. The summed E-state index contributed by atoms with van der Waals surface area (Å²) in [6.45, 7) is 3.71. The molecule has 0 spiro atoms. The van der Waals surface area contributed by atoms with Gasteiger partial charge in [-0.25, -0.2) is 9.97 Å². The SMILES string of the molecule is Cc1cc(NC2CCN(C(=O)C3CCC3)CC2)ncn1. The van der Waals surface area contributed by atoms with Crippen molar-refractivity contribution < 1.29 is 4.79 Å². The summed E-state index contributed by atoms with van der Waals surface area (Å²) >= 11 is 0. The number of piperidine rings is 1. The summed E-state index contributed by atoms with van der Waals surface area (Å²) in [5.74, 6) is 1.60. The molecule has 1 aromatic heterocycles. The van der Waals surface area contributed by atoms with E-state index in [4.69, 9.17) is 0 Å². The molecule has 1 aliphatic heterocycles. The van der Waals surface area contributed by atoms with Crippen LogP contribution >= 0.6 is 0 Å². The van der Waals surface area contributed by atoms with Crippen molar-refractivity contribution in [1.29, 1.82) is 0 Å². The lowest BCUT2D eigenvalue weighted by molar-refractivity contribution is -0.139. The Balaban J connectivity index is 1.49. The Hall–Kier alpha value is -1.65. The Morgan fingerprint density at radius 1 is 1.25 bits per heavy atom. The second-order valence-electron chi connectivity index (χ2n) is 5.92. The van der Waals surface area contributed by atoms with E-state index in [-0.39, 0.29) is 0 Å². The van der Waals surface area contributed by atoms with Crippen LogP contribution in [0.25, 0.3) is 0 Å². The maximum absolute atomic E-state index is 12.2. The zero-order valence-corrected chi connectivity index (χ0v) is 12.0. The second kappa shape index (κ2) is 5.77. The summed E-state index contributed by atoms with van der Waals surface area (Å²) in [6.07, 6.45) is 7.01. The zero-order valence-electron chi connectivity index (χ0n) is 12.0. The highest BCUT2D eigenvalue weighted by molar-refractivity contribution is 5.79. The molecule has 5 nitrogen and oxygen atoms in total. The number of likely N-dealkylation sites (tertiary alicyclic amines) is 1. The van der Waals surface area contributed by atoms with Crippen molar-refractivity contribution in [3.05, 3.63) is 18.1 Å². The molecule has 1 saturated heterocycles. The molecule has 2 heterocycles. The summed E-state index contributed by atoms with van der Waals surface area (Å²) in [6, 6.07) is 2.38. The average molecular weight is 274 g/mol. The Labute approximate surface area is 119 Å². The van der Waals surface area contributed by atoms with Gasteiger partial charge in [-0.2, -0.15) is 0 Å². The first-order valence-corrected chi connectivity index (χ1v) is 7.56. The number of aryl methyl sites for hydroxylation is 1. The van der Waals surface area contributed by atoms with Crippen LogP contribution in [0.1, 0.15) is 37.8 Å². The van der Waals surface area contributed by atoms with Crippen molar-refractivity contribution in [2.75, 3.05) is 18.4 Å². The minimum Gasteiger partial charge on any atom is -0.367 e. The molecule has 0 bridgehead atoms. The van der Waals surface area contributed by atoms with Gasteiger partial charge >= 0.3 is 0 Å². The average Bonchev–Trinajstić information content (AvgIpc) is 2.37. The molecule has 1 saturated carbocycles. The van der Waals surface area contributed by atoms with Crippen LogP contribution in [0.4, 0.5) is 5.82 Å². The third kappa shape index (κ3) is 2.92. The van der Waals surface area contributed by atoms with Crippen molar-refractivity contribution in [2.24, 2.45) is 5.92 Å². The summed E-state index contributed by atoms with van der Waals surface area (Å²) in [5.41, 5.74) is 0.972. The molecular formula is C15H22N4O. The van der Waals surface area contributed by atoms with Crippen LogP contribution in [-0.4, -0.2) is 39.9 Å². The van der Waals surface area contributed by atoms with E-state index in [0.717, 1.165) is 50.3 Å². The first-order chi connectivity index (χ1) is 9.72. The maximum atomic E-state index is 12.2. The summed E-state index contributed by atoms with van der Waals surface area (Å²) in [5, 5.41) is 3.45. The van der Waals surface area contributed by atoms with E-state index >= 15 is 0 Å². The number of carbonyl (C=O) groups is 1. The van der Waals surface area contributed by atoms with Crippen LogP contribution in [0.5, 0.6) is 0 Å². The lowest BCUT2D eigenvalue weighted by Gasteiger charge is -2.36. The zero-order chi connectivity index (χ0) is 13.9. The molecule has 1 amide bonds. The standard InChI is InChI=1S/C15H22N4O/c1-11-9-14(17-10-16-11)18-13-5-7-19(8-6-13)15(20)12-3-2-4-12/h9-10,12-13H,2-8H2,1H3,(H,16,17,18). The highest BCUT2D eigenvalue weighted by Crippen LogP contribution is 2.29. The van der Waals surface area contributed by atoms with Crippen molar-refractivity contribution in [1.82, 2.24) is 14.9 Å². The van der Waals surface area contributed by atoms with Crippen molar-refractivity contribution in [2.45, 2.75) is 45.1 Å². The van der Waals surface area contributed by atoms with E-state index in [0.29, 0.717) is 17.9 Å². The number of aromatic nitrogens is 2. The van der Waals surface area contributed by atoms with Gasteiger partial charge in [0, 0.05) is 36.8 Å². The Morgan fingerprint density at radius 2 is 2.00 bits per heavy atom. The minimum absolute atomic E-state index is 0.323. The number of nitrogens with zero attached hydrogens (tertiary/aromatic N) is 3. The molecule has 1 N–H and O–H groups in total. The third-order valence-corrected chi connectivity index (χ3v) is 4.42. The fourth-order valence-electron chi connectivity index (χ4n) is 2.90. The third-order valence-electron chi connectivity index (χ3n) is 4.42. The van der Waals surface area contributed by atoms with Crippen LogP contribution < -0.4 is 5.32 Å². The molecule has 1 aromatic rings. The summed E-state index contributed by atoms with van der Waals surface area (Å²) in [7, 11) is 0. The smallest absolute Gasteiger partial charge is 0.225 e. The van der Waals surface area contributed by atoms with Crippen LogP contribution in [0.15, 0.2) is 12.4 Å². The van der Waals surface area contributed by atoms with Crippen molar-refractivity contribution in [3.63, 3.8) is 0 Å². The Morgan fingerprint density at radius 3 is 2.60 bits per heavy atom. The fourth-order valence-corrected chi connectivity index (χ4v) is 2.90. The van der Waals surface area contributed by atoms with Crippen LogP contribution in [0.3, 0.4) is 0 Å². The van der Waals surface area contributed by atoms with Crippen molar-refractivity contribution >= 4 is 11.7 Å². The molecular weight excluding hydrogens is 252 g/mol. The first-order valence-electron chi connectivity index (χ1n) is 7.56. The van der Waals surface area contributed by atoms with E-state index < -0.39 is 0 Å². The normalized spacial score (nSPS) is 20.6. The van der Waals surface area contributed by atoms with Gasteiger partial charge in [0.25, 0.3) is 0 Å². The number of hydrogen-bond acceptors (Lipinski definition) is 4. The predicted octanol–water partition coefficient (Wildman–Crippen LogP) is 1.99. The van der Waals surface area contributed by atoms with Gasteiger partial charge in [0.1, 0.15) is 12.1 Å². The van der Waals surface area contributed by atoms with Gasteiger partial charge in [0.2, 0.25) is 5.91 Å². The number of anilines is 1. The van der Waals surface area contributed by atoms with Gasteiger partial charge in [-0.3, -0.25) is 4.79 Å². The molecule has 0 unspecified atom stereocenters. The Kier molecular flexibility index (Phi) is 3.85. The van der Waals surface area contributed by atoms with E-state index in [1.807, 2.05) is 17.9 Å². The number of amides is 1. The quantitative estimate of drug-likeness (QED) is 0.915. The predicted molar refractivity (Wildman–Crippen MR) is 77.3 cm³/mol. The second-order valence-corrected chi connectivity index (χ2v) is 5.92. The van der Waals surface area contributed by atoms with Crippen LogP contribution in [0, 0.1) is 12.8 Å². The highest BCUT2D eigenvalue weighted by Gasteiger charge is 2.31. The molecule has 2 aliphatic rings. The highest BCUT2D eigenvalue weighted by atomic mass is 16.2. The minimum atomic E-state index is 0.323. The molecule has 0 radical (unpaired) electrons. The van der Waals surface area contributed by atoms with E-state index in [9.17, 15) is 4.79 Å². The number of carbonyl (C=O) groups excluding carboxylic acids is 1. The van der Waals surface area contributed by atoms with Crippen LogP contribution in [-0.2, 0) is 4.79 Å². The molecule has 20 heavy (non-hydrogen) atoms. The topological polar surface area (TPSA) is 58.1 Å². The van der Waals surface area contributed by atoms with E-state index in [2.05, 4.69) is 15.3 Å². The van der Waals surface area contributed by atoms with Crippen molar-refractivity contribution in [3.8, 4) is 0 Å². The summed E-state index contributed by atoms with van der Waals surface area (Å²) < 4.78 is 0. The molecule has 3 rings (SSSR count). The maximum Gasteiger partial charge on any atom is 0.225 e. The first kappa shape index (κ1) is 13.3. The monoisotopic (exact) mass is 274 g/mol. The van der Waals surface area contributed by atoms with Gasteiger partial charge in [0.15, 0.2) is 0 Å².